The normalized spacial score (nSPS) is 22.3. The molecule has 2 aliphatic rings. The summed E-state index contributed by atoms with van der Waals surface area (Å²) >= 11 is 1.78. The molecule has 3 rings (SSSR count). The van der Waals surface area contributed by atoms with E-state index in [0.29, 0.717) is 5.92 Å². The van der Waals surface area contributed by atoms with Crippen LogP contribution in [0.2, 0.25) is 0 Å². The molecule has 0 spiro atoms. The van der Waals surface area contributed by atoms with Crippen molar-refractivity contribution >= 4 is 17.2 Å². The van der Waals surface area contributed by atoms with Gasteiger partial charge in [0, 0.05) is 18.4 Å². The van der Waals surface area contributed by atoms with Crippen molar-refractivity contribution in [1.29, 1.82) is 0 Å². The highest BCUT2D eigenvalue weighted by Crippen LogP contribution is 2.41. The average Bonchev–Trinajstić information content (AvgIpc) is 3.18. The Morgan fingerprint density at radius 1 is 1.19 bits per heavy atom. The first-order chi connectivity index (χ1) is 10.3. The summed E-state index contributed by atoms with van der Waals surface area (Å²) in [6.07, 6.45) is 12.3. The third-order valence-electron chi connectivity index (χ3n) is 5.52. The van der Waals surface area contributed by atoms with Crippen molar-refractivity contribution in [3.63, 3.8) is 0 Å². The Morgan fingerprint density at radius 3 is 2.62 bits per heavy atom. The zero-order chi connectivity index (χ0) is 14.5. The number of nitrogens with one attached hydrogen (secondary N) is 1. The third-order valence-corrected chi connectivity index (χ3v) is 6.20. The summed E-state index contributed by atoms with van der Waals surface area (Å²) in [4.78, 5) is 12.3. The first-order valence-electron chi connectivity index (χ1n) is 8.58. The highest BCUT2D eigenvalue weighted by atomic mass is 32.1. The summed E-state index contributed by atoms with van der Waals surface area (Å²) in [5.41, 5.74) is 1.67. The number of thiophene rings is 1. The van der Waals surface area contributed by atoms with E-state index in [1.165, 1.54) is 63.4 Å². The Balaban J connectivity index is 1.53. The van der Waals surface area contributed by atoms with Gasteiger partial charge < -0.3 is 5.32 Å². The van der Waals surface area contributed by atoms with Gasteiger partial charge in [-0.2, -0.15) is 11.3 Å². The van der Waals surface area contributed by atoms with Crippen LogP contribution >= 0.6 is 11.3 Å². The molecule has 116 valence electrons. The zero-order valence-electron chi connectivity index (χ0n) is 12.9. The maximum absolute atomic E-state index is 12.3. The summed E-state index contributed by atoms with van der Waals surface area (Å²) in [5, 5.41) is 7.71. The van der Waals surface area contributed by atoms with E-state index in [0.717, 1.165) is 13.0 Å². The average molecular weight is 305 g/mol. The molecule has 1 aromatic heterocycles. The van der Waals surface area contributed by atoms with Gasteiger partial charge in [-0.05, 0) is 54.0 Å². The highest BCUT2D eigenvalue weighted by Gasteiger charge is 2.36. The molecule has 1 aromatic rings. The zero-order valence-corrected chi connectivity index (χ0v) is 13.7. The number of hydrogen-bond donors (Lipinski definition) is 1. The predicted octanol–water partition coefficient (Wildman–Crippen LogP) is 4.65. The van der Waals surface area contributed by atoms with E-state index in [-0.39, 0.29) is 11.3 Å². The molecule has 1 N–H and O–H groups in total. The molecule has 0 bridgehead atoms. The molecule has 1 heterocycles. The lowest BCUT2D eigenvalue weighted by Gasteiger charge is -2.29. The van der Waals surface area contributed by atoms with Crippen LogP contribution in [0.15, 0.2) is 16.8 Å². The Hall–Kier alpha value is -0.830. The van der Waals surface area contributed by atoms with Crippen molar-refractivity contribution < 1.29 is 4.79 Å². The van der Waals surface area contributed by atoms with Gasteiger partial charge in [-0.25, -0.2) is 0 Å². The van der Waals surface area contributed by atoms with E-state index in [1.807, 2.05) is 0 Å². The monoisotopic (exact) mass is 305 g/mol. The van der Waals surface area contributed by atoms with Crippen molar-refractivity contribution in [3.05, 3.63) is 22.4 Å². The predicted molar refractivity (Wildman–Crippen MR) is 88.7 cm³/mol. The van der Waals surface area contributed by atoms with Crippen molar-refractivity contribution in [1.82, 2.24) is 5.32 Å². The lowest BCUT2D eigenvalue weighted by molar-refractivity contribution is -0.122. The SMILES string of the molecule is O=C(CC1CCCCC1)NCC1(c2ccsc2)CCCC1. The topological polar surface area (TPSA) is 29.1 Å². The third kappa shape index (κ3) is 3.68. The lowest BCUT2D eigenvalue weighted by atomic mass is 9.80. The summed E-state index contributed by atoms with van der Waals surface area (Å²) < 4.78 is 0. The van der Waals surface area contributed by atoms with E-state index in [2.05, 4.69) is 22.1 Å². The largest absolute Gasteiger partial charge is 0.355 e. The lowest BCUT2D eigenvalue weighted by Crippen LogP contribution is -2.39. The number of amides is 1. The molecule has 0 aromatic carbocycles. The molecule has 2 aliphatic carbocycles. The van der Waals surface area contributed by atoms with Crippen LogP contribution in [0.4, 0.5) is 0 Å². The van der Waals surface area contributed by atoms with Crippen LogP contribution < -0.4 is 5.32 Å². The maximum Gasteiger partial charge on any atom is 0.220 e. The second-order valence-electron chi connectivity index (χ2n) is 6.98. The number of hydrogen-bond acceptors (Lipinski definition) is 2. The van der Waals surface area contributed by atoms with Crippen molar-refractivity contribution in [2.45, 2.75) is 69.6 Å². The first kappa shape index (κ1) is 15.1. The van der Waals surface area contributed by atoms with Crippen LogP contribution in [0.1, 0.15) is 69.8 Å². The van der Waals surface area contributed by atoms with Gasteiger partial charge in [0.25, 0.3) is 0 Å². The van der Waals surface area contributed by atoms with Crippen LogP contribution in [0.25, 0.3) is 0 Å². The fraction of sp³-hybridized carbons (Fsp3) is 0.722. The van der Waals surface area contributed by atoms with Crippen molar-refractivity contribution in [2.75, 3.05) is 6.54 Å². The first-order valence-corrected chi connectivity index (χ1v) is 9.52. The molecular formula is C18H27NOS. The quantitative estimate of drug-likeness (QED) is 0.843. The Bertz CT molecular complexity index is 442. The molecule has 0 saturated heterocycles. The summed E-state index contributed by atoms with van der Waals surface area (Å²) in [6.45, 7) is 0.843. The molecule has 2 saturated carbocycles. The van der Waals surface area contributed by atoms with E-state index >= 15 is 0 Å². The molecule has 2 fully saturated rings. The maximum atomic E-state index is 12.3. The summed E-state index contributed by atoms with van der Waals surface area (Å²) in [6, 6.07) is 2.25. The molecular weight excluding hydrogens is 278 g/mol. The minimum atomic E-state index is 0.224. The smallest absolute Gasteiger partial charge is 0.220 e. The van der Waals surface area contributed by atoms with Crippen LogP contribution in [0.5, 0.6) is 0 Å². The molecule has 21 heavy (non-hydrogen) atoms. The molecule has 0 atom stereocenters. The second-order valence-corrected chi connectivity index (χ2v) is 7.76. The number of carbonyl (C=O) groups excluding carboxylic acids is 1. The summed E-state index contributed by atoms with van der Waals surface area (Å²) in [5.74, 6) is 0.919. The Labute approximate surface area is 132 Å². The number of rotatable bonds is 5. The van der Waals surface area contributed by atoms with Gasteiger partial charge in [0.15, 0.2) is 0 Å². The minimum Gasteiger partial charge on any atom is -0.355 e. The molecule has 2 nitrogen and oxygen atoms in total. The Morgan fingerprint density at radius 2 is 1.95 bits per heavy atom. The van der Waals surface area contributed by atoms with Crippen LogP contribution in [0.3, 0.4) is 0 Å². The van der Waals surface area contributed by atoms with E-state index in [4.69, 9.17) is 0 Å². The van der Waals surface area contributed by atoms with Crippen LogP contribution in [-0.4, -0.2) is 12.5 Å². The standard InChI is InChI=1S/C18H27NOS/c20-17(12-15-6-2-1-3-7-15)19-14-18(9-4-5-10-18)16-8-11-21-13-16/h8,11,13,15H,1-7,9-10,12,14H2,(H,19,20). The van der Waals surface area contributed by atoms with Gasteiger partial charge in [-0.15, -0.1) is 0 Å². The van der Waals surface area contributed by atoms with E-state index in [9.17, 15) is 4.79 Å². The van der Waals surface area contributed by atoms with Gasteiger partial charge in [0.1, 0.15) is 0 Å². The van der Waals surface area contributed by atoms with Gasteiger partial charge in [0.05, 0.1) is 0 Å². The van der Waals surface area contributed by atoms with Gasteiger partial charge in [-0.1, -0.05) is 32.1 Å². The van der Waals surface area contributed by atoms with Gasteiger partial charge in [0.2, 0.25) is 5.91 Å². The molecule has 0 radical (unpaired) electrons. The minimum absolute atomic E-state index is 0.224. The summed E-state index contributed by atoms with van der Waals surface area (Å²) in [7, 11) is 0. The van der Waals surface area contributed by atoms with Crippen molar-refractivity contribution in [2.24, 2.45) is 5.92 Å². The molecule has 1 amide bonds. The Kier molecular flexibility index (Phi) is 4.99. The molecule has 0 aliphatic heterocycles. The fourth-order valence-corrected chi connectivity index (χ4v) is 4.96. The van der Waals surface area contributed by atoms with Crippen LogP contribution in [0, 0.1) is 5.92 Å². The number of carbonyl (C=O) groups is 1. The van der Waals surface area contributed by atoms with E-state index < -0.39 is 0 Å². The van der Waals surface area contributed by atoms with Crippen LogP contribution in [-0.2, 0) is 10.2 Å². The molecule has 3 heteroatoms. The van der Waals surface area contributed by atoms with Gasteiger partial charge >= 0.3 is 0 Å². The van der Waals surface area contributed by atoms with E-state index in [1.54, 1.807) is 11.3 Å². The fourth-order valence-electron chi connectivity index (χ4n) is 4.18. The highest BCUT2D eigenvalue weighted by molar-refractivity contribution is 7.08. The molecule has 0 unspecified atom stereocenters. The second kappa shape index (κ2) is 6.95. The van der Waals surface area contributed by atoms with Gasteiger partial charge in [-0.3, -0.25) is 4.79 Å². The van der Waals surface area contributed by atoms with Crippen molar-refractivity contribution in [3.8, 4) is 0 Å².